The number of para-hydroxylation sites is 1. The first-order chi connectivity index (χ1) is 9.74. The van der Waals surface area contributed by atoms with E-state index in [1.165, 1.54) is 12.8 Å². The predicted octanol–water partition coefficient (Wildman–Crippen LogP) is 2.18. The molecular formula is C15H20N2O3. The van der Waals surface area contributed by atoms with Crippen LogP contribution in [0.2, 0.25) is 0 Å². The molecule has 2 N–H and O–H groups in total. The topological polar surface area (TPSA) is 70.9 Å². The van der Waals surface area contributed by atoms with Crippen molar-refractivity contribution in [3.05, 3.63) is 29.8 Å². The number of benzene rings is 1. The molecule has 1 aromatic carbocycles. The van der Waals surface area contributed by atoms with Crippen LogP contribution in [0.25, 0.3) is 0 Å². The molecule has 1 aliphatic rings. The summed E-state index contributed by atoms with van der Waals surface area (Å²) in [5, 5.41) is 15.1. The second kappa shape index (κ2) is 6.93. The third kappa shape index (κ3) is 3.98. The van der Waals surface area contributed by atoms with E-state index in [9.17, 15) is 4.79 Å². The number of ether oxygens (including phenoxy) is 1. The molecule has 1 aliphatic carbocycles. The first-order valence-electron chi connectivity index (χ1n) is 6.94. The lowest BCUT2D eigenvalue weighted by Gasteiger charge is -2.11. The molecule has 5 heteroatoms. The number of nitrogens with zero attached hydrogens (tertiary/aromatic N) is 1. The molecule has 0 aromatic heterocycles. The Morgan fingerprint density at radius 1 is 1.45 bits per heavy atom. The first-order valence-corrected chi connectivity index (χ1v) is 6.94. The van der Waals surface area contributed by atoms with Crippen LogP contribution in [0.3, 0.4) is 0 Å². The Morgan fingerprint density at radius 3 is 2.85 bits per heavy atom. The molecule has 1 amide bonds. The van der Waals surface area contributed by atoms with Gasteiger partial charge in [-0.2, -0.15) is 0 Å². The summed E-state index contributed by atoms with van der Waals surface area (Å²) in [4.78, 5) is 11.7. The Balaban J connectivity index is 1.92. The van der Waals surface area contributed by atoms with Gasteiger partial charge in [-0.1, -0.05) is 24.2 Å². The third-order valence-electron chi connectivity index (χ3n) is 3.30. The fraction of sp³-hybridized carbons (Fsp3) is 0.467. The van der Waals surface area contributed by atoms with E-state index in [-0.39, 0.29) is 12.5 Å². The van der Waals surface area contributed by atoms with Gasteiger partial charge in [0.2, 0.25) is 0 Å². The van der Waals surface area contributed by atoms with E-state index >= 15 is 0 Å². The molecule has 1 fully saturated rings. The van der Waals surface area contributed by atoms with Crippen molar-refractivity contribution in [2.75, 3.05) is 13.2 Å². The van der Waals surface area contributed by atoms with Gasteiger partial charge >= 0.3 is 0 Å². The average molecular weight is 276 g/mol. The number of carbonyl (C=O) groups is 1. The lowest BCUT2D eigenvalue weighted by Crippen LogP contribution is -2.30. The van der Waals surface area contributed by atoms with Crippen LogP contribution in [-0.4, -0.2) is 30.0 Å². The Hall–Kier alpha value is -2.04. The molecule has 0 spiro atoms. The molecular weight excluding hydrogens is 256 g/mol. The first kappa shape index (κ1) is 14.4. The zero-order valence-electron chi connectivity index (χ0n) is 11.6. The summed E-state index contributed by atoms with van der Waals surface area (Å²) in [6.07, 6.45) is 3.00. The number of hydrogen-bond acceptors (Lipinski definition) is 4. The normalized spacial score (nSPS) is 14.9. The highest BCUT2D eigenvalue weighted by molar-refractivity contribution is 6.02. The van der Waals surface area contributed by atoms with Crippen LogP contribution < -0.4 is 10.1 Å². The van der Waals surface area contributed by atoms with Gasteiger partial charge in [0.15, 0.2) is 6.61 Å². The van der Waals surface area contributed by atoms with E-state index in [4.69, 9.17) is 9.94 Å². The maximum Gasteiger partial charge on any atom is 0.257 e. The van der Waals surface area contributed by atoms with Crippen molar-refractivity contribution < 1.29 is 14.7 Å². The smallest absolute Gasteiger partial charge is 0.257 e. The molecule has 0 saturated heterocycles. The largest absolute Gasteiger partial charge is 0.483 e. The fourth-order valence-corrected chi connectivity index (χ4v) is 1.92. The predicted molar refractivity (Wildman–Crippen MR) is 76.3 cm³/mol. The number of hydrogen-bond donors (Lipinski definition) is 2. The van der Waals surface area contributed by atoms with Crippen LogP contribution in [-0.2, 0) is 4.79 Å². The third-order valence-corrected chi connectivity index (χ3v) is 3.30. The van der Waals surface area contributed by atoms with Gasteiger partial charge in [-0.3, -0.25) is 4.79 Å². The van der Waals surface area contributed by atoms with Crippen molar-refractivity contribution in [1.29, 1.82) is 0 Å². The lowest BCUT2D eigenvalue weighted by molar-refractivity contribution is -0.123. The summed E-state index contributed by atoms with van der Waals surface area (Å²) >= 11 is 0. The van der Waals surface area contributed by atoms with E-state index in [1.54, 1.807) is 6.07 Å². The number of amides is 1. The van der Waals surface area contributed by atoms with Gasteiger partial charge in [0.1, 0.15) is 5.75 Å². The van der Waals surface area contributed by atoms with Crippen molar-refractivity contribution in [2.45, 2.75) is 26.2 Å². The average Bonchev–Trinajstić information content (AvgIpc) is 3.29. The lowest BCUT2D eigenvalue weighted by atomic mass is 10.1. The standard InChI is InChI=1S/C15H20N2O3/c1-2-13(17-19)12-5-3-4-6-14(12)20-10-15(18)16-9-11-7-8-11/h3-6,11,19H,2,7-10H2,1H3,(H,16,18)/b17-13+. The van der Waals surface area contributed by atoms with E-state index in [1.807, 2.05) is 25.1 Å². The van der Waals surface area contributed by atoms with E-state index in [2.05, 4.69) is 10.5 Å². The van der Waals surface area contributed by atoms with E-state index in [0.29, 0.717) is 29.4 Å². The van der Waals surface area contributed by atoms with Crippen molar-refractivity contribution in [3.8, 4) is 5.75 Å². The molecule has 0 unspecified atom stereocenters. The summed E-state index contributed by atoms with van der Waals surface area (Å²) in [7, 11) is 0. The van der Waals surface area contributed by atoms with Gasteiger partial charge in [-0.15, -0.1) is 0 Å². The van der Waals surface area contributed by atoms with Gasteiger partial charge in [0.25, 0.3) is 5.91 Å². The monoisotopic (exact) mass is 276 g/mol. The number of nitrogens with one attached hydrogen (secondary N) is 1. The van der Waals surface area contributed by atoms with Crippen LogP contribution in [0.15, 0.2) is 29.4 Å². The fourth-order valence-electron chi connectivity index (χ4n) is 1.92. The van der Waals surface area contributed by atoms with Gasteiger partial charge in [-0.25, -0.2) is 0 Å². The van der Waals surface area contributed by atoms with E-state index in [0.717, 1.165) is 6.54 Å². The zero-order valence-corrected chi connectivity index (χ0v) is 11.6. The molecule has 1 aromatic rings. The second-order valence-corrected chi connectivity index (χ2v) is 4.93. The van der Waals surface area contributed by atoms with Crippen molar-refractivity contribution in [1.82, 2.24) is 5.32 Å². The minimum atomic E-state index is -0.120. The highest BCUT2D eigenvalue weighted by Gasteiger charge is 2.21. The SMILES string of the molecule is CC/C(=N\O)c1ccccc1OCC(=O)NCC1CC1. The molecule has 0 aliphatic heterocycles. The van der Waals surface area contributed by atoms with Crippen LogP contribution in [0.1, 0.15) is 31.7 Å². The Kier molecular flexibility index (Phi) is 4.98. The quantitative estimate of drug-likeness (QED) is 0.455. The van der Waals surface area contributed by atoms with Gasteiger partial charge in [-0.05, 0) is 37.3 Å². The molecule has 108 valence electrons. The summed E-state index contributed by atoms with van der Waals surface area (Å²) in [5.74, 6) is 1.09. The number of rotatable bonds is 7. The highest BCUT2D eigenvalue weighted by atomic mass is 16.5. The molecule has 0 radical (unpaired) electrons. The van der Waals surface area contributed by atoms with Crippen LogP contribution >= 0.6 is 0 Å². The molecule has 0 atom stereocenters. The van der Waals surface area contributed by atoms with Crippen LogP contribution in [0.4, 0.5) is 0 Å². The summed E-state index contributed by atoms with van der Waals surface area (Å²) in [5.41, 5.74) is 1.26. The van der Waals surface area contributed by atoms with Crippen LogP contribution in [0, 0.1) is 5.92 Å². The Labute approximate surface area is 118 Å². The molecule has 2 rings (SSSR count). The molecule has 0 heterocycles. The van der Waals surface area contributed by atoms with Gasteiger partial charge in [0.05, 0.1) is 5.71 Å². The highest BCUT2D eigenvalue weighted by Crippen LogP contribution is 2.27. The summed E-state index contributed by atoms with van der Waals surface area (Å²) < 4.78 is 5.53. The molecule has 20 heavy (non-hydrogen) atoms. The molecule has 1 saturated carbocycles. The van der Waals surface area contributed by atoms with Gasteiger partial charge < -0.3 is 15.3 Å². The summed E-state index contributed by atoms with van der Waals surface area (Å²) in [6, 6.07) is 7.25. The van der Waals surface area contributed by atoms with Gasteiger partial charge in [0, 0.05) is 12.1 Å². The molecule has 5 nitrogen and oxygen atoms in total. The van der Waals surface area contributed by atoms with Crippen molar-refractivity contribution >= 4 is 11.6 Å². The zero-order chi connectivity index (χ0) is 14.4. The minimum Gasteiger partial charge on any atom is -0.483 e. The minimum absolute atomic E-state index is 0.0217. The Bertz CT molecular complexity index is 496. The maximum atomic E-state index is 11.7. The van der Waals surface area contributed by atoms with Crippen molar-refractivity contribution in [3.63, 3.8) is 0 Å². The van der Waals surface area contributed by atoms with Crippen molar-refractivity contribution in [2.24, 2.45) is 11.1 Å². The van der Waals surface area contributed by atoms with Crippen LogP contribution in [0.5, 0.6) is 5.75 Å². The number of carbonyl (C=O) groups excluding carboxylic acids is 1. The maximum absolute atomic E-state index is 11.7. The Morgan fingerprint density at radius 2 is 2.20 bits per heavy atom. The summed E-state index contributed by atoms with van der Waals surface area (Å²) in [6.45, 7) is 2.61. The molecule has 0 bridgehead atoms. The van der Waals surface area contributed by atoms with E-state index < -0.39 is 0 Å². The number of oxime groups is 1. The second-order valence-electron chi connectivity index (χ2n) is 4.93.